The third kappa shape index (κ3) is 3.35. The number of nitrogens with one attached hydrogen (secondary N) is 1. The number of benzene rings is 1. The Morgan fingerprint density at radius 1 is 1.14 bits per heavy atom. The molecule has 29 heavy (non-hydrogen) atoms. The Hall–Kier alpha value is -2.94. The molecule has 9 heteroatoms. The number of fused-ring (bicyclic) bond motifs is 1. The van der Waals surface area contributed by atoms with Crippen molar-refractivity contribution in [1.82, 2.24) is 19.4 Å². The molecule has 0 bridgehead atoms. The van der Waals surface area contributed by atoms with E-state index in [1.165, 1.54) is 9.13 Å². The predicted molar refractivity (Wildman–Crippen MR) is 104 cm³/mol. The number of hydrogen-bond donors (Lipinski definition) is 2. The molecule has 0 radical (unpaired) electrons. The average Bonchev–Trinajstić information content (AvgIpc) is 2.98. The maximum atomic E-state index is 12.8. The van der Waals surface area contributed by atoms with Crippen LogP contribution < -0.4 is 11.0 Å². The lowest BCUT2D eigenvalue weighted by molar-refractivity contribution is -0.136. The maximum absolute atomic E-state index is 12.8. The van der Waals surface area contributed by atoms with Gasteiger partial charge in [0.05, 0.1) is 11.0 Å². The van der Waals surface area contributed by atoms with Crippen LogP contribution in [0, 0.1) is 0 Å². The van der Waals surface area contributed by atoms with Crippen molar-refractivity contribution in [3.63, 3.8) is 0 Å². The lowest BCUT2D eigenvalue weighted by Crippen LogP contribution is -2.44. The molecular formula is C20H24N4O5. The number of aromatic nitrogens is 2. The number of carbonyl (C=O) groups is 3. The van der Waals surface area contributed by atoms with Gasteiger partial charge in [-0.05, 0) is 42.9 Å². The molecule has 2 aliphatic heterocycles. The van der Waals surface area contributed by atoms with Gasteiger partial charge in [-0.15, -0.1) is 0 Å². The highest BCUT2D eigenvalue weighted by atomic mass is 16.3. The number of piperidine rings is 2. The molecule has 2 aromatic rings. The quantitative estimate of drug-likeness (QED) is 0.705. The molecule has 3 heterocycles. The number of nitrogens with zero attached hydrogens (tertiary/aromatic N) is 3. The van der Waals surface area contributed by atoms with Crippen LogP contribution in [-0.2, 0) is 21.4 Å². The Balaban J connectivity index is 1.64. The Morgan fingerprint density at radius 2 is 1.86 bits per heavy atom. The molecule has 0 saturated carbocycles. The van der Waals surface area contributed by atoms with Crippen molar-refractivity contribution in [1.29, 1.82) is 0 Å². The van der Waals surface area contributed by atoms with Crippen LogP contribution >= 0.6 is 0 Å². The van der Waals surface area contributed by atoms with Crippen molar-refractivity contribution >= 4 is 28.8 Å². The van der Waals surface area contributed by atoms with E-state index in [0.717, 1.165) is 23.9 Å². The summed E-state index contributed by atoms with van der Waals surface area (Å²) < 4.78 is 3.01. The Kier molecular flexibility index (Phi) is 4.99. The molecule has 1 aromatic heterocycles. The van der Waals surface area contributed by atoms with E-state index < -0.39 is 18.6 Å². The summed E-state index contributed by atoms with van der Waals surface area (Å²) in [5.41, 5.74) is 2.22. The molecule has 1 aromatic carbocycles. The topological polar surface area (TPSA) is 114 Å². The van der Waals surface area contributed by atoms with Gasteiger partial charge in [0.15, 0.2) is 0 Å². The Bertz CT molecular complexity index is 1050. The number of carbonyl (C=O) groups excluding carboxylic acids is 3. The highest BCUT2D eigenvalue weighted by Gasteiger charge is 2.31. The highest BCUT2D eigenvalue weighted by Crippen LogP contribution is 2.31. The number of likely N-dealkylation sites (tertiary alicyclic amines) is 1. The molecule has 1 unspecified atom stereocenters. The first-order chi connectivity index (χ1) is 13.9. The SMILES string of the molecule is Cn1c(=O)n(C2CCC(=O)NC2=O)c2ccc(C3CCN(C(=O)CO)CC3)cc21. The number of hydrogen-bond acceptors (Lipinski definition) is 5. The predicted octanol–water partition coefficient (Wildman–Crippen LogP) is 0.0160. The minimum absolute atomic E-state index is 0.211. The largest absolute Gasteiger partial charge is 0.387 e. The lowest BCUT2D eigenvalue weighted by Gasteiger charge is -2.32. The first-order valence-electron chi connectivity index (χ1n) is 9.84. The maximum Gasteiger partial charge on any atom is 0.329 e. The number of imidazole rings is 1. The van der Waals surface area contributed by atoms with Gasteiger partial charge in [-0.25, -0.2) is 4.79 Å². The first kappa shape index (κ1) is 19.4. The average molecular weight is 400 g/mol. The normalized spacial score (nSPS) is 20.9. The van der Waals surface area contributed by atoms with Gasteiger partial charge in [-0.2, -0.15) is 0 Å². The minimum Gasteiger partial charge on any atom is -0.387 e. The number of imide groups is 1. The second-order valence-corrected chi connectivity index (χ2v) is 7.74. The van der Waals surface area contributed by atoms with Gasteiger partial charge in [-0.3, -0.25) is 28.8 Å². The van der Waals surface area contributed by atoms with E-state index in [2.05, 4.69) is 5.32 Å². The first-order valence-corrected chi connectivity index (χ1v) is 9.84. The van der Waals surface area contributed by atoms with E-state index in [1.807, 2.05) is 18.2 Å². The summed E-state index contributed by atoms with van der Waals surface area (Å²) in [6.45, 7) is 0.725. The van der Waals surface area contributed by atoms with Crippen LogP contribution in [0.1, 0.15) is 43.2 Å². The van der Waals surface area contributed by atoms with E-state index in [-0.39, 0.29) is 29.8 Å². The van der Waals surface area contributed by atoms with Crippen molar-refractivity contribution in [2.75, 3.05) is 19.7 Å². The molecule has 2 fully saturated rings. The summed E-state index contributed by atoms with van der Waals surface area (Å²) >= 11 is 0. The number of aliphatic hydroxyl groups excluding tert-OH is 1. The van der Waals surface area contributed by atoms with E-state index in [4.69, 9.17) is 5.11 Å². The van der Waals surface area contributed by atoms with Crippen molar-refractivity contribution in [3.8, 4) is 0 Å². The molecule has 4 rings (SSSR count). The zero-order chi connectivity index (χ0) is 20.7. The van der Waals surface area contributed by atoms with Gasteiger partial charge in [0.25, 0.3) is 0 Å². The number of aryl methyl sites for hydroxylation is 1. The van der Waals surface area contributed by atoms with Gasteiger partial charge in [0, 0.05) is 26.6 Å². The zero-order valence-corrected chi connectivity index (χ0v) is 16.3. The number of amides is 3. The third-order valence-electron chi connectivity index (χ3n) is 6.09. The molecule has 3 amide bonds. The Labute approximate surface area is 166 Å². The van der Waals surface area contributed by atoms with E-state index in [0.29, 0.717) is 25.0 Å². The molecule has 2 aliphatic rings. The number of aliphatic hydroxyl groups is 1. The van der Waals surface area contributed by atoms with E-state index in [1.54, 1.807) is 11.9 Å². The third-order valence-corrected chi connectivity index (χ3v) is 6.09. The van der Waals surface area contributed by atoms with Crippen LogP contribution in [0.3, 0.4) is 0 Å². The second-order valence-electron chi connectivity index (χ2n) is 7.74. The van der Waals surface area contributed by atoms with E-state index >= 15 is 0 Å². The van der Waals surface area contributed by atoms with Gasteiger partial charge in [0.1, 0.15) is 12.6 Å². The molecular weight excluding hydrogens is 376 g/mol. The van der Waals surface area contributed by atoms with Crippen LogP contribution in [-0.4, -0.2) is 56.6 Å². The summed E-state index contributed by atoms with van der Waals surface area (Å²) in [4.78, 5) is 49.9. The lowest BCUT2D eigenvalue weighted by atomic mass is 9.89. The van der Waals surface area contributed by atoms with Crippen LogP contribution in [0.4, 0.5) is 0 Å². The molecule has 154 valence electrons. The molecule has 0 aliphatic carbocycles. The van der Waals surface area contributed by atoms with Crippen molar-refractivity contribution in [2.45, 2.75) is 37.6 Å². The summed E-state index contributed by atoms with van der Waals surface area (Å²) in [7, 11) is 1.68. The van der Waals surface area contributed by atoms with Crippen LogP contribution in [0.25, 0.3) is 11.0 Å². The van der Waals surface area contributed by atoms with Gasteiger partial charge >= 0.3 is 5.69 Å². The van der Waals surface area contributed by atoms with Crippen molar-refractivity contribution in [2.24, 2.45) is 7.05 Å². The summed E-state index contributed by atoms with van der Waals surface area (Å²) in [5.74, 6) is -0.743. The molecule has 0 spiro atoms. The molecule has 2 saturated heterocycles. The number of rotatable bonds is 3. The highest BCUT2D eigenvalue weighted by molar-refractivity contribution is 6.00. The standard InChI is InChI=1S/C20H24N4O5/c1-22-16-10-13(12-6-8-23(9-7-12)18(27)11-25)2-3-14(16)24(20(22)29)15-4-5-17(26)21-19(15)28/h2-3,10,12,15,25H,4-9,11H2,1H3,(H,21,26,28). The van der Waals surface area contributed by atoms with Gasteiger partial charge in [-0.1, -0.05) is 6.07 Å². The van der Waals surface area contributed by atoms with Gasteiger partial charge in [0.2, 0.25) is 17.7 Å². The zero-order valence-electron chi connectivity index (χ0n) is 16.3. The smallest absolute Gasteiger partial charge is 0.329 e. The molecule has 9 nitrogen and oxygen atoms in total. The second kappa shape index (κ2) is 7.47. The monoisotopic (exact) mass is 400 g/mol. The van der Waals surface area contributed by atoms with Gasteiger partial charge < -0.3 is 10.0 Å². The summed E-state index contributed by atoms with van der Waals surface area (Å²) in [6.07, 6.45) is 2.10. The van der Waals surface area contributed by atoms with Crippen LogP contribution in [0.5, 0.6) is 0 Å². The summed E-state index contributed by atoms with van der Waals surface area (Å²) in [5, 5.41) is 11.3. The molecule has 1 atom stereocenters. The van der Waals surface area contributed by atoms with Crippen molar-refractivity contribution in [3.05, 3.63) is 34.2 Å². The van der Waals surface area contributed by atoms with E-state index in [9.17, 15) is 19.2 Å². The molecule has 2 N–H and O–H groups in total. The van der Waals surface area contributed by atoms with Crippen LogP contribution in [0.2, 0.25) is 0 Å². The fraction of sp³-hybridized carbons (Fsp3) is 0.500. The van der Waals surface area contributed by atoms with Crippen molar-refractivity contribution < 1.29 is 19.5 Å². The fourth-order valence-corrected chi connectivity index (χ4v) is 4.43. The summed E-state index contributed by atoms with van der Waals surface area (Å²) in [6, 6.07) is 5.12. The Morgan fingerprint density at radius 3 is 2.52 bits per heavy atom. The minimum atomic E-state index is -0.692. The van der Waals surface area contributed by atoms with Crippen LogP contribution in [0.15, 0.2) is 23.0 Å². The fourth-order valence-electron chi connectivity index (χ4n) is 4.43.